The average molecular weight is 295 g/mol. The second-order valence-corrected chi connectivity index (χ2v) is 4.07. The van der Waals surface area contributed by atoms with Gasteiger partial charge in [0.15, 0.2) is 6.10 Å². The molecule has 112 valence electrons. The van der Waals surface area contributed by atoms with Crippen LogP contribution in [0.1, 0.15) is 24.7 Å². The Morgan fingerprint density at radius 2 is 2.19 bits per heavy atom. The minimum Gasteiger partial charge on any atom is -0.480 e. The summed E-state index contributed by atoms with van der Waals surface area (Å²) >= 11 is 0. The Balaban J connectivity index is 2.61. The van der Waals surface area contributed by atoms with Gasteiger partial charge in [-0.15, -0.1) is 0 Å². The SMILES string of the molecule is [N-]=[N+]=CC(=O)CCC(NC(=O)C(O)c1ccco1)C(=O)O. The molecule has 9 nitrogen and oxygen atoms in total. The molecular formula is C12H13N3O6. The third-order valence-corrected chi connectivity index (χ3v) is 2.56. The van der Waals surface area contributed by atoms with Crippen molar-refractivity contribution in [3.63, 3.8) is 0 Å². The van der Waals surface area contributed by atoms with E-state index in [2.05, 4.69) is 10.1 Å². The molecule has 0 aromatic carbocycles. The molecule has 21 heavy (non-hydrogen) atoms. The topological polar surface area (TPSA) is 153 Å². The van der Waals surface area contributed by atoms with Gasteiger partial charge in [-0.1, -0.05) is 0 Å². The van der Waals surface area contributed by atoms with Crippen LogP contribution in [-0.2, 0) is 14.4 Å². The van der Waals surface area contributed by atoms with Gasteiger partial charge in [0.1, 0.15) is 11.8 Å². The third-order valence-electron chi connectivity index (χ3n) is 2.56. The van der Waals surface area contributed by atoms with Gasteiger partial charge < -0.3 is 25.5 Å². The number of aliphatic carboxylic acids is 1. The minimum atomic E-state index is -1.64. The van der Waals surface area contributed by atoms with E-state index in [0.717, 1.165) is 0 Å². The molecule has 0 saturated heterocycles. The first-order valence-corrected chi connectivity index (χ1v) is 5.90. The molecule has 9 heteroatoms. The van der Waals surface area contributed by atoms with Gasteiger partial charge in [-0.25, -0.2) is 4.79 Å². The minimum absolute atomic E-state index is 0.0277. The van der Waals surface area contributed by atoms with E-state index in [9.17, 15) is 19.5 Å². The number of carboxylic acids is 1. The second kappa shape index (κ2) is 7.73. The number of amides is 1. The smallest absolute Gasteiger partial charge is 0.326 e. The first-order chi connectivity index (χ1) is 9.95. The summed E-state index contributed by atoms with van der Waals surface area (Å²) in [5, 5.41) is 20.7. The molecule has 0 fully saturated rings. The Kier molecular flexibility index (Phi) is 5.99. The quantitative estimate of drug-likeness (QED) is 0.335. The summed E-state index contributed by atoms with van der Waals surface area (Å²) in [5.41, 5.74) is 8.15. The number of hydrogen-bond donors (Lipinski definition) is 3. The summed E-state index contributed by atoms with van der Waals surface area (Å²) in [6, 6.07) is 1.47. The fourth-order valence-corrected chi connectivity index (χ4v) is 1.50. The Bertz CT molecular complexity index is 562. The van der Waals surface area contributed by atoms with Crippen molar-refractivity contribution in [2.24, 2.45) is 0 Å². The fourth-order valence-electron chi connectivity index (χ4n) is 1.50. The molecule has 1 amide bonds. The Labute approximate surface area is 118 Å². The summed E-state index contributed by atoms with van der Waals surface area (Å²) < 4.78 is 4.83. The number of nitrogens with one attached hydrogen (secondary N) is 1. The number of rotatable bonds is 8. The highest BCUT2D eigenvalue weighted by Gasteiger charge is 2.26. The monoisotopic (exact) mass is 295 g/mol. The Morgan fingerprint density at radius 3 is 2.71 bits per heavy atom. The van der Waals surface area contributed by atoms with Gasteiger partial charge in [-0.3, -0.25) is 9.59 Å². The lowest BCUT2D eigenvalue weighted by atomic mass is 10.1. The number of aliphatic hydroxyl groups is 1. The van der Waals surface area contributed by atoms with Crippen molar-refractivity contribution in [3.8, 4) is 0 Å². The number of nitrogens with zero attached hydrogens (tertiary/aromatic N) is 2. The maximum atomic E-state index is 11.7. The standard InChI is InChI=1S/C12H13N3O6/c13-14-6-7(16)3-4-8(12(19)20)15-11(18)10(17)9-2-1-5-21-9/h1-2,5-6,8,10,17H,3-4H2,(H,15,18)(H,19,20). The zero-order valence-electron chi connectivity index (χ0n) is 10.8. The highest BCUT2D eigenvalue weighted by Crippen LogP contribution is 2.13. The number of carbonyl (C=O) groups excluding carboxylic acids is 2. The molecule has 1 rings (SSSR count). The molecule has 2 unspecified atom stereocenters. The molecule has 1 aromatic rings. The van der Waals surface area contributed by atoms with Crippen LogP contribution < -0.4 is 5.32 Å². The van der Waals surface area contributed by atoms with Crippen LogP contribution >= 0.6 is 0 Å². The predicted molar refractivity (Wildman–Crippen MR) is 67.2 cm³/mol. The third kappa shape index (κ3) is 5.01. The van der Waals surface area contributed by atoms with E-state index < -0.39 is 29.8 Å². The zero-order valence-corrected chi connectivity index (χ0v) is 10.8. The highest BCUT2D eigenvalue weighted by atomic mass is 16.4. The van der Waals surface area contributed by atoms with Crippen LogP contribution in [0.4, 0.5) is 0 Å². The first-order valence-electron chi connectivity index (χ1n) is 5.90. The first kappa shape index (κ1) is 16.3. The number of ketones is 1. The molecule has 0 aliphatic rings. The Morgan fingerprint density at radius 1 is 1.48 bits per heavy atom. The number of carboxylic acid groups (broad SMARTS) is 1. The van der Waals surface area contributed by atoms with Crippen LogP contribution in [0.15, 0.2) is 22.8 Å². The number of aliphatic hydroxyl groups excluding tert-OH is 1. The molecule has 0 aliphatic carbocycles. The van der Waals surface area contributed by atoms with Gasteiger partial charge in [0.05, 0.1) is 6.26 Å². The molecule has 0 saturated carbocycles. The van der Waals surface area contributed by atoms with Gasteiger partial charge in [0.2, 0.25) is 5.78 Å². The molecule has 0 aliphatic heterocycles. The van der Waals surface area contributed by atoms with Crippen molar-refractivity contribution >= 4 is 23.9 Å². The largest absolute Gasteiger partial charge is 0.480 e. The summed E-state index contributed by atoms with van der Waals surface area (Å²) in [6.07, 6.45) is -0.197. The van der Waals surface area contributed by atoms with Crippen molar-refractivity contribution in [2.75, 3.05) is 0 Å². The molecule has 0 radical (unpaired) electrons. The predicted octanol–water partition coefficient (Wildman–Crippen LogP) is -0.468. The molecule has 3 N–H and O–H groups in total. The zero-order chi connectivity index (χ0) is 15.8. The van der Waals surface area contributed by atoms with Crippen molar-refractivity contribution in [1.82, 2.24) is 5.32 Å². The number of Topliss-reactive ketones (excluding diaryl/α,β-unsaturated/α-hetero) is 1. The summed E-state index contributed by atoms with van der Waals surface area (Å²) in [6.45, 7) is 0. The number of carbonyl (C=O) groups is 3. The maximum absolute atomic E-state index is 11.7. The van der Waals surface area contributed by atoms with E-state index in [-0.39, 0.29) is 18.6 Å². The molecule has 1 heterocycles. The summed E-state index contributed by atoms with van der Waals surface area (Å²) in [7, 11) is 0. The van der Waals surface area contributed by atoms with Gasteiger partial charge in [0, 0.05) is 6.42 Å². The summed E-state index contributed by atoms with van der Waals surface area (Å²) in [5.74, 6) is -2.94. The fraction of sp³-hybridized carbons (Fsp3) is 0.333. The normalized spacial score (nSPS) is 12.8. The van der Waals surface area contributed by atoms with Crippen molar-refractivity contribution in [2.45, 2.75) is 25.0 Å². The van der Waals surface area contributed by atoms with Crippen LogP contribution in [0.25, 0.3) is 5.53 Å². The Hall–Kier alpha value is -2.77. The van der Waals surface area contributed by atoms with Gasteiger partial charge in [-0.2, -0.15) is 4.79 Å². The van der Waals surface area contributed by atoms with Crippen LogP contribution in [0.3, 0.4) is 0 Å². The van der Waals surface area contributed by atoms with E-state index in [4.69, 9.17) is 15.1 Å². The lowest BCUT2D eigenvalue weighted by Gasteiger charge is -2.15. The van der Waals surface area contributed by atoms with E-state index >= 15 is 0 Å². The average Bonchev–Trinajstić information content (AvgIpc) is 2.96. The van der Waals surface area contributed by atoms with Crippen LogP contribution in [0, 0.1) is 0 Å². The van der Waals surface area contributed by atoms with Crippen molar-refractivity contribution in [1.29, 1.82) is 0 Å². The second-order valence-electron chi connectivity index (χ2n) is 4.07. The number of hydrogen-bond acceptors (Lipinski definition) is 5. The summed E-state index contributed by atoms with van der Waals surface area (Å²) in [4.78, 5) is 36.3. The van der Waals surface area contributed by atoms with Gasteiger partial charge in [0.25, 0.3) is 5.91 Å². The molecule has 1 aromatic heterocycles. The van der Waals surface area contributed by atoms with Crippen LogP contribution in [0.2, 0.25) is 0 Å². The van der Waals surface area contributed by atoms with E-state index in [0.29, 0.717) is 6.21 Å². The maximum Gasteiger partial charge on any atom is 0.326 e. The number of furan rings is 1. The van der Waals surface area contributed by atoms with E-state index in [1.807, 2.05) is 0 Å². The van der Waals surface area contributed by atoms with Gasteiger partial charge in [-0.05, 0) is 18.6 Å². The van der Waals surface area contributed by atoms with Crippen molar-refractivity contribution < 1.29 is 33.8 Å². The van der Waals surface area contributed by atoms with Gasteiger partial charge >= 0.3 is 12.2 Å². The molecule has 0 spiro atoms. The molecular weight excluding hydrogens is 282 g/mol. The lowest BCUT2D eigenvalue weighted by Crippen LogP contribution is -2.43. The van der Waals surface area contributed by atoms with Crippen LogP contribution in [0.5, 0.6) is 0 Å². The molecule has 0 bridgehead atoms. The lowest BCUT2D eigenvalue weighted by molar-refractivity contribution is -0.144. The van der Waals surface area contributed by atoms with E-state index in [1.165, 1.54) is 18.4 Å². The van der Waals surface area contributed by atoms with E-state index in [1.54, 1.807) is 0 Å². The van der Waals surface area contributed by atoms with Crippen LogP contribution in [-0.4, -0.2) is 44.9 Å². The van der Waals surface area contributed by atoms with Crippen molar-refractivity contribution in [3.05, 3.63) is 29.7 Å². The highest BCUT2D eigenvalue weighted by molar-refractivity contribution is 6.25. The molecule has 2 atom stereocenters.